The maximum absolute atomic E-state index is 13.1. The predicted octanol–water partition coefficient (Wildman–Crippen LogP) is 2.35. The molecule has 0 saturated heterocycles. The lowest BCUT2D eigenvalue weighted by Gasteiger charge is -2.13. The third kappa shape index (κ3) is 2.77. The summed E-state index contributed by atoms with van der Waals surface area (Å²) in [6.45, 7) is 3.90. The molecule has 0 aliphatic heterocycles. The van der Waals surface area contributed by atoms with Gasteiger partial charge in [0.2, 0.25) is 0 Å². The Kier molecular flexibility index (Phi) is 3.70. The quantitative estimate of drug-likeness (QED) is 0.935. The van der Waals surface area contributed by atoms with E-state index in [9.17, 15) is 14.0 Å². The van der Waals surface area contributed by atoms with Crippen molar-refractivity contribution in [3.63, 3.8) is 0 Å². The Bertz CT molecular complexity index is 734. The molecule has 0 aliphatic carbocycles. The molecule has 0 radical (unpaired) electrons. The molecule has 0 aliphatic rings. The summed E-state index contributed by atoms with van der Waals surface area (Å²) >= 11 is 0. The van der Waals surface area contributed by atoms with Gasteiger partial charge in [-0.2, -0.15) is 0 Å². The monoisotopic (exact) mass is 275 g/mol. The molecule has 0 atom stereocenters. The average Bonchev–Trinajstić information content (AvgIpc) is 2.35. The summed E-state index contributed by atoms with van der Waals surface area (Å²) < 4.78 is 14.7. The molecule has 0 amide bonds. The van der Waals surface area contributed by atoms with Gasteiger partial charge in [0.25, 0.3) is 0 Å². The molecule has 0 spiro atoms. The second-order valence-corrected chi connectivity index (χ2v) is 4.70. The van der Waals surface area contributed by atoms with Gasteiger partial charge in [-0.1, -0.05) is 6.07 Å². The molecule has 1 N–H and O–H groups in total. The van der Waals surface area contributed by atoms with Gasteiger partial charge >= 0.3 is 5.97 Å². The van der Waals surface area contributed by atoms with Crippen LogP contribution < -0.4 is 5.43 Å². The van der Waals surface area contributed by atoms with Crippen molar-refractivity contribution in [3.8, 4) is 0 Å². The molecule has 0 bridgehead atoms. The van der Waals surface area contributed by atoms with E-state index in [1.807, 2.05) is 0 Å². The first-order valence-corrected chi connectivity index (χ1v) is 6.08. The van der Waals surface area contributed by atoms with Gasteiger partial charge in [0.1, 0.15) is 11.4 Å². The number of rotatable bonds is 3. The Hall–Kier alpha value is -2.43. The number of carboxylic acid groups (broad SMARTS) is 1. The second kappa shape index (κ2) is 5.28. The fraction of sp³-hybridized carbons (Fsp3) is 0.200. The van der Waals surface area contributed by atoms with Crippen molar-refractivity contribution >= 4 is 5.97 Å². The lowest BCUT2D eigenvalue weighted by atomic mass is 10.1. The summed E-state index contributed by atoms with van der Waals surface area (Å²) in [5.74, 6) is -1.56. The van der Waals surface area contributed by atoms with Crippen molar-refractivity contribution in [3.05, 3.63) is 68.9 Å². The van der Waals surface area contributed by atoms with Crippen molar-refractivity contribution in [1.82, 2.24) is 4.57 Å². The lowest BCUT2D eigenvalue weighted by Crippen LogP contribution is -2.19. The normalized spacial score (nSPS) is 10.6. The molecule has 2 rings (SSSR count). The number of nitrogens with zero attached hydrogens (tertiary/aromatic N) is 1. The minimum atomic E-state index is -1.25. The van der Waals surface area contributed by atoms with E-state index in [4.69, 9.17) is 5.11 Å². The first-order valence-electron chi connectivity index (χ1n) is 6.08. The van der Waals surface area contributed by atoms with Gasteiger partial charge in [-0.15, -0.1) is 0 Å². The summed E-state index contributed by atoms with van der Waals surface area (Å²) in [5.41, 5.74) is 1.52. The van der Waals surface area contributed by atoms with Gasteiger partial charge in [-0.3, -0.25) is 4.79 Å². The highest BCUT2D eigenvalue weighted by Gasteiger charge is 2.11. The highest BCUT2D eigenvalue weighted by molar-refractivity contribution is 5.87. The average molecular weight is 275 g/mol. The van der Waals surface area contributed by atoms with Crippen LogP contribution >= 0.6 is 0 Å². The summed E-state index contributed by atoms with van der Waals surface area (Å²) in [6, 6.07) is 5.73. The third-order valence-corrected chi connectivity index (χ3v) is 3.22. The zero-order valence-electron chi connectivity index (χ0n) is 11.2. The molecule has 1 aromatic heterocycles. The number of aromatic carboxylic acids is 1. The molecule has 1 aromatic carbocycles. The molecule has 0 unspecified atom stereocenters. The highest BCUT2D eigenvalue weighted by Crippen LogP contribution is 2.13. The summed E-state index contributed by atoms with van der Waals surface area (Å²) in [6.07, 6.45) is 1.32. The molecular formula is C15H14FNO3. The van der Waals surface area contributed by atoms with Crippen LogP contribution in [0.25, 0.3) is 0 Å². The zero-order valence-corrected chi connectivity index (χ0v) is 11.2. The van der Waals surface area contributed by atoms with Crippen LogP contribution in [-0.4, -0.2) is 15.6 Å². The Balaban J connectivity index is 2.45. The van der Waals surface area contributed by atoms with E-state index in [0.717, 1.165) is 11.1 Å². The van der Waals surface area contributed by atoms with Crippen LogP contribution in [-0.2, 0) is 6.54 Å². The fourth-order valence-corrected chi connectivity index (χ4v) is 2.02. The van der Waals surface area contributed by atoms with Gasteiger partial charge in [-0.05, 0) is 37.1 Å². The molecule has 5 heteroatoms. The van der Waals surface area contributed by atoms with Crippen molar-refractivity contribution in [2.24, 2.45) is 0 Å². The van der Waals surface area contributed by atoms with E-state index < -0.39 is 11.4 Å². The van der Waals surface area contributed by atoms with Crippen molar-refractivity contribution < 1.29 is 14.3 Å². The smallest absolute Gasteiger partial charge is 0.341 e. The van der Waals surface area contributed by atoms with E-state index in [2.05, 4.69) is 0 Å². The molecule has 1 heterocycles. The van der Waals surface area contributed by atoms with E-state index in [1.165, 1.54) is 24.4 Å². The number of halogens is 1. The molecule has 4 nitrogen and oxygen atoms in total. The van der Waals surface area contributed by atoms with Crippen molar-refractivity contribution in [1.29, 1.82) is 0 Å². The molecule has 0 saturated carbocycles. The van der Waals surface area contributed by atoms with Crippen molar-refractivity contribution in [2.75, 3.05) is 0 Å². The van der Waals surface area contributed by atoms with Crippen LogP contribution in [0, 0.1) is 19.7 Å². The number of hydrogen-bond acceptors (Lipinski definition) is 2. The minimum absolute atomic E-state index is 0.268. The SMILES string of the molecule is Cc1cc(F)ccc1Cn1cc(C(=O)O)c(=O)cc1C. The maximum atomic E-state index is 13.1. The number of benzene rings is 1. The summed E-state index contributed by atoms with van der Waals surface area (Å²) in [4.78, 5) is 22.5. The van der Waals surface area contributed by atoms with Crippen LogP contribution in [0.4, 0.5) is 4.39 Å². The van der Waals surface area contributed by atoms with Crippen molar-refractivity contribution in [2.45, 2.75) is 20.4 Å². The molecule has 0 fully saturated rings. The predicted molar refractivity (Wildman–Crippen MR) is 72.6 cm³/mol. The van der Waals surface area contributed by atoms with Gasteiger partial charge in [0.15, 0.2) is 5.43 Å². The van der Waals surface area contributed by atoms with E-state index in [-0.39, 0.29) is 11.4 Å². The van der Waals surface area contributed by atoms with E-state index in [0.29, 0.717) is 12.2 Å². The van der Waals surface area contributed by atoms with E-state index >= 15 is 0 Å². The fourth-order valence-electron chi connectivity index (χ4n) is 2.02. The van der Waals surface area contributed by atoms with E-state index in [1.54, 1.807) is 24.5 Å². The Morgan fingerprint density at radius 1 is 1.30 bits per heavy atom. The largest absolute Gasteiger partial charge is 0.477 e. The standard InChI is InChI=1S/C15H14FNO3/c1-9-5-12(16)4-3-11(9)7-17-8-13(15(19)20)14(18)6-10(17)2/h3-6,8H,7H2,1-2H3,(H,19,20). The topological polar surface area (TPSA) is 59.3 Å². The number of pyridine rings is 1. The van der Waals surface area contributed by atoms with Crippen LogP contribution in [0.1, 0.15) is 27.2 Å². The maximum Gasteiger partial charge on any atom is 0.341 e. The number of carboxylic acids is 1. The molecule has 2 aromatic rings. The third-order valence-electron chi connectivity index (χ3n) is 3.22. The Morgan fingerprint density at radius 3 is 2.60 bits per heavy atom. The first-order chi connectivity index (χ1) is 9.38. The van der Waals surface area contributed by atoms with Gasteiger partial charge in [-0.25, -0.2) is 9.18 Å². The second-order valence-electron chi connectivity index (χ2n) is 4.70. The molecule has 20 heavy (non-hydrogen) atoms. The molecular weight excluding hydrogens is 261 g/mol. The number of aromatic nitrogens is 1. The van der Waals surface area contributed by atoms with Crippen LogP contribution in [0.3, 0.4) is 0 Å². The van der Waals surface area contributed by atoms with Crippen LogP contribution in [0.2, 0.25) is 0 Å². The van der Waals surface area contributed by atoms with Crippen LogP contribution in [0.15, 0.2) is 35.3 Å². The number of carbonyl (C=O) groups is 1. The Labute approximate surface area is 115 Å². The summed E-state index contributed by atoms with van der Waals surface area (Å²) in [5, 5.41) is 8.98. The number of aryl methyl sites for hydroxylation is 2. The van der Waals surface area contributed by atoms with Gasteiger partial charge < -0.3 is 9.67 Å². The Morgan fingerprint density at radius 2 is 2.00 bits per heavy atom. The van der Waals surface area contributed by atoms with Crippen LogP contribution in [0.5, 0.6) is 0 Å². The van der Waals surface area contributed by atoms with Gasteiger partial charge in [0, 0.05) is 24.5 Å². The van der Waals surface area contributed by atoms with Gasteiger partial charge in [0.05, 0.1) is 0 Å². The lowest BCUT2D eigenvalue weighted by molar-refractivity contribution is 0.0694. The highest BCUT2D eigenvalue weighted by atomic mass is 19.1. The first kappa shape index (κ1) is 14.0. The molecule has 104 valence electrons. The minimum Gasteiger partial charge on any atom is -0.477 e. The number of hydrogen-bond donors (Lipinski definition) is 1. The zero-order chi connectivity index (χ0) is 14.9. The summed E-state index contributed by atoms with van der Waals surface area (Å²) in [7, 11) is 0.